The van der Waals surface area contributed by atoms with E-state index in [0.717, 1.165) is 5.56 Å². The van der Waals surface area contributed by atoms with E-state index in [4.69, 9.17) is 9.47 Å². The molecule has 1 fully saturated rings. The summed E-state index contributed by atoms with van der Waals surface area (Å²) >= 11 is 0. The first kappa shape index (κ1) is 16.3. The standard InChI is InChI=1S/C15H19NO6/c1-20-14(18)11-9-21-12(7-17)13(11)16-15(19)22-8-10-5-3-2-4-6-10/h2-6,11-13,17H,7-9H2,1H3,(H,16,19)/t11-,12-,13-/m1/s1. The fraction of sp³-hybridized carbons (Fsp3) is 0.467. The molecule has 0 aromatic heterocycles. The van der Waals surface area contributed by atoms with Crippen LogP contribution in [0, 0.1) is 5.92 Å². The Morgan fingerprint density at radius 3 is 2.73 bits per heavy atom. The van der Waals surface area contributed by atoms with Crippen LogP contribution in [0.15, 0.2) is 30.3 Å². The molecule has 2 rings (SSSR count). The molecule has 0 aliphatic carbocycles. The van der Waals surface area contributed by atoms with Crippen LogP contribution in [0.4, 0.5) is 4.79 Å². The van der Waals surface area contributed by atoms with Crippen LogP contribution in [0.5, 0.6) is 0 Å². The number of rotatable bonds is 5. The fourth-order valence-electron chi connectivity index (χ4n) is 2.32. The Bertz CT molecular complexity index is 506. The van der Waals surface area contributed by atoms with E-state index in [1.807, 2.05) is 30.3 Å². The average molecular weight is 309 g/mol. The average Bonchev–Trinajstić information content (AvgIpc) is 2.95. The van der Waals surface area contributed by atoms with Gasteiger partial charge in [-0.1, -0.05) is 30.3 Å². The number of aliphatic hydroxyl groups excluding tert-OH is 1. The number of carbonyl (C=O) groups excluding carboxylic acids is 2. The number of aliphatic hydroxyl groups is 1. The van der Waals surface area contributed by atoms with Crippen molar-refractivity contribution in [3.8, 4) is 0 Å². The number of ether oxygens (including phenoxy) is 3. The van der Waals surface area contributed by atoms with Gasteiger partial charge in [0.05, 0.1) is 26.4 Å². The molecule has 120 valence electrons. The third kappa shape index (κ3) is 3.96. The highest BCUT2D eigenvalue weighted by molar-refractivity contribution is 5.76. The molecule has 1 aromatic carbocycles. The summed E-state index contributed by atoms with van der Waals surface area (Å²) in [6, 6.07) is 8.54. The number of carbonyl (C=O) groups is 2. The maximum atomic E-state index is 11.9. The van der Waals surface area contributed by atoms with Crippen molar-refractivity contribution in [1.82, 2.24) is 5.32 Å². The van der Waals surface area contributed by atoms with Crippen LogP contribution in [0.2, 0.25) is 0 Å². The van der Waals surface area contributed by atoms with Crippen molar-refractivity contribution in [2.75, 3.05) is 20.3 Å². The van der Waals surface area contributed by atoms with Gasteiger partial charge in [-0.05, 0) is 5.56 Å². The molecule has 1 aliphatic heterocycles. The molecule has 0 spiro atoms. The molecule has 22 heavy (non-hydrogen) atoms. The molecule has 2 N–H and O–H groups in total. The Balaban J connectivity index is 1.91. The van der Waals surface area contributed by atoms with Crippen LogP contribution in [-0.2, 0) is 25.6 Å². The van der Waals surface area contributed by atoms with E-state index in [1.165, 1.54) is 7.11 Å². The predicted molar refractivity (Wildman–Crippen MR) is 75.9 cm³/mol. The second-order valence-corrected chi connectivity index (χ2v) is 4.92. The van der Waals surface area contributed by atoms with E-state index < -0.39 is 30.1 Å². The van der Waals surface area contributed by atoms with Gasteiger partial charge in [0, 0.05) is 0 Å². The van der Waals surface area contributed by atoms with Crippen LogP contribution in [-0.4, -0.2) is 49.6 Å². The maximum absolute atomic E-state index is 11.9. The van der Waals surface area contributed by atoms with Crippen molar-refractivity contribution in [3.63, 3.8) is 0 Å². The maximum Gasteiger partial charge on any atom is 0.407 e. The van der Waals surface area contributed by atoms with Crippen LogP contribution in [0.25, 0.3) is 0 Å². The van der Waals surface area contributed by atoms with Crippen molar-refractivity contribution in [1.29, 1.82) is 0 Å². The fourth-order valence-corrected chi connectivity index (χ4v) is 2.32. The lowest BCUT2D eigenvalue weighted by Crippen LogP contribution is -2.48. The third-order valence-electron chi connectivity index (χ3n) is 3.51. The number of hydrogen-bond donors (Lipinski definition) is 2. The number of esters is 1. The molecule has 0 unspecified atom stereocenters. The first-order chi connectivity index (χ1) is 10.7. The Labute approximate surface area is 128 Å². The quantitative estimate of drug-likeness (QED) is 0.768. The summed E-state index contributed by atoms with van der Waals surface area (Å²) in [6.45, 7) is -0.106. The third-order valence-corrected chi connectivity index (χ3v) is 3.51. The van der Waals surface area contributed by atoms with Crippen molar-refractivity contribution >= 4 is 12.1 Å². The number of alkyl carbamates (subject to hydrolysis) is 1. The van der Waals surface area contributed by atoms with Gasteiger partial charge in [0.25, 0.3) is 0 Å². The van der Waals surface area contributed by atoms with Crippen molar-refractivity contribution < 1.29 is 28.9 Å². The van der Waals surface area contributed by atoms with E-state index in [2.05, 4.69) is 10.1 Å². The van der Waals surface area contributed by atoms with Crippen LogP contribution in [0.3, 0.4) is 0 Å². The van der Waals surface area contributed by atoms with E-state index in [-0.39, 0.29) is 19.8 Å². The second kappa shape index (κ2) is 7.77. The lowest BCUT2D eigenvalue weighted by molar-refractivity contribution is -0.145. The number of benzene rings is 1. The van der Waals surface area contributed by atoms with E-state index in [9.17, 15) is 14.7 Å². The summed E-state index contributed by atoms with van der Waals surface area (Å²) in [5.74, 6) is -1.16. The zero-order valence-electron chi connectivity index (χ0n) is 12.2. The van der Waals surface area contributed by atoms with Crippen LogP contribution in [0.1, 0.15) is 5.56 Å². The molecule has 0 saturated carbocycles. The summed E-state index contributed by atoms with van der Waals surface area (Å²) in [7, 11) is 1.26. The van der Waals surface area contributed by atoms with Crippen LogP contribution < -0.4 is 5.32 Å². The predicted octanol–water partition coefficient (Wildman–Crippen LogP) is 0.462. The zero-order valence-corrected chi connectivity index (χ0v) is 12.2. The van der Waals surface area contributed by atoms with Gasteiger partial charge in [-0.2, -0.15) is 0 Å². The highest BCUT2D eigenvalue weighted by Crippen LogP contribution is 2.21. The minimum absolute atomic E-state index is 0.0849. The van der Waals surface area contributed by atoms with E-state index in [0.29, 0.717) is 0 Å². The monoisotopic (exact) mass is 309 g/mol. The minimum atomic E-state index is -0.680. The highest BCUT2D eigenvalue weighted by Gasteiger charge is 2.43. The van der Waals surface area contributed by atoms with Crippen molar-refractivity contribution in [2.24, 2.45) is 5.92 Å². The highest BCUT2D eigenvalue weighted by atomic mass is 16.6. The first-order valence-electron chi connectivity index (χ1n) is 6.93. The van der Waals surface area contributed by atoms with Gasteiger partial charge in [-0.25, -0.2) is 4.79 Å². The zero-order chi connectivity index (χ0) is 15.9. The summed E-state index contributed by atoms with van der Waals surface area (Å²) in [5.41, 5.74) is 0.851. The SMILES string of the molecule is COC(=O)[C@@H]1CO[C@H](CO)[C@@H]1NC(=O)OCc1ccccc1. The lowest BCUT2D eigenvalue weighted by Gasteiger charge is -2.21. The molecule has 1 saturated heterocycles. The number of amides is 1. The van der Waals surface area contributed by atoms with Crippen molar-refractivity contribution in [3.05, 3.63) is 35.9 Å². The number of methoxy groups -OCH3 is 1. The smallest absolute Gasteiger partial charge is 0.407 e. The summed E-state index contributed by atoms with van der Waals surface area (Å²) in [6.07, 6.45) is -1.33. The van der Waals surface area contributed by atoms with Crippen LogP contribution >= 0.6 is 0 Å². The summed E-state index contributed by atoms with van der Waals surface area (Å²) in [5, 5.41) is 11.8. The van der Waals surface area contributed by atoms with Crippen molar-refractivity contribution in [2.45, 2.75) is 18.8 Å². The Morgan fingerprint density at radius 1 is 1.36 bits per heavy atom. The van der Waals surface area contributed by atoms with Gasteiger partial charge in [-0.3, -0.25) is 4.79 Å². The molecule has 1 amide bonds. The summed E-state index contributed by atoms with van der Waals surface area (Å²) < 4.78 is 15.1. The Hall–Kier alpha value is -2.12. The van der Waals surface area contributed by atoms with Gasteiger partial charge >= 0.3 is 12.1 Å². The van der Waals surface area contributed by atoms with Gasteiger partial charge in [0.15, 0.2) is 0 Å². The van der Waals surface area contributed by atoms with Gasteiger partial charge in [0.2, 0.25) is 0 Å². The molecular formula is C15H19NO6. The van der Waals surface area contributed by atoms with E-state index in [1.54, 1.807) is 0 Å². The number of hydrogen-bond acceptors (Lipinski definition) is 6. The first-order valence-corrected chi connectivity index (χ1v) is 6.93. The van der Waals surface area contributed by atoms with Gasteiger partial charge in [0.1, 0.15) is 18.6 Å². The molecule has 7 nitrogen and oxygen atoms in total. The molecule has 1 heterocycles. The Morgan fingerprint density at radius 2 is 2.09 bits per heavy atom. The molecule has 1 aromatic rings. The number of nitrogens with one attached hydrogen (secondary N) is 1. The largest absolute Gasteiger partial charge is 0.469 e. The second-order valence-electron chi connectivity index (χ2n) is 4.92. The molecule has 1 aliphatic rings. The minimum Gasteiger partial charge on any atom is -0.469 e. The van der Waals surface area contributed by atoms with Gasteiger partial charge in [-0.15, -0.1) is 0 Å². The summed E-state index contributed by atoms with van der Waals surface area (Å²) in [4.78, 5) is 23.5. The topological polar surface area (TPSA) is 94.1 Å². The normalized spacial score (nSPS) is 23.8. The van der Waals surface area contributed by atoms with E-state index >= 15 is 0 Å². The van der Waals surface area contributed by atoms with Gasteiger partial charge < -0.3 is 24.6 Å². The molecule has 0 radical (unpaired) electrons. The molecule has 3 atom stereocenters. The molecule has 7 heteroatoms. The molecular weight excluding hydrogens is 290 g/mol. The Kier molecular flexibility index (Phi) is 5.74. The lowest BCUT2D eigenvalue weighted by atomic mass is 9.99. The molecule has 0 bridgehead atoms.